The van der Waals surface area contributed by atoms with E-state index in [1.807, 2.05) is 0 Å². The van der Waals surface area contributed by atoms with Crippen molar-refractivity contribution in [3.05, 3.63) is 58.1 Å². The monoisotopic (exact) mass is 340 g/mol. The molecule has 1 heteroatoms. The zero-order valence-electron chi connectivity index (χ0n) is 17.5. The van der Waals surface area contributed by atoms with Gasteiger partial charge in [0.15, 0.2) is 0 Å². The highest BCUT2D eigenvalue weighted by molar-refractivity contribution is 5.45. The van der Waals surface area contributed by atoms with E-state index in [1.54, 1.807) is 17.4 Å². The molecule has 0 unspecified atom stereocenters. The lowest BCUT2D eigenvalue weighted by Crippen LogP contribution is -2.20. The maximum absolute atomic E-state index is 5.88. The highest BCUT2D eigenvalue weighted by Gasteiger charge is 2.28. The predicted molar refractivity (Wildman–Crippen MR) is 109 cm³/mol. The van der Waals surface area contributed by atoms with Gasteiger partial charge in [-0.1, -0.05) is 57.4 Å². The Labute approximate surface area is 155 Å². The minimum atomic E-state index is 0.0748. The van der Waals surface area contributed by atoms with Gasteiger partial charge in [0.2, 0.25) is 0 Å². The lowest BCUT2D eigenvalue weighted by atomic mass is 9.71. The Morgan fingerprint density at radius 2 is 1.92 bits per heavy atom. The van der Waals surface area contributed by atoms with Crippen LogP contribution in [0.5, 0.6) is 0 Å². The lowest BCUT2D eigenvalue weighted by Gasteiger charge is -2.34. The molecule has 0 N–H and O–H groups in total. The molecule has 138 valence electrons. The van der Waals surface area contributed by atoms with E-state index in [-0.39, 0.29) is 5.41 Å². The van der Waals surface area contributed by atoms with Gasteiger partial charge in [-0.25, -0.2) is 0 Å². The molecule has 0 radical (unpaired) electrons. The Morgan fingerprint density at radius 3 is 2.52 bits per heavy atom. The van der Waals surface area contributed by atoms with Gasteiger partial charge >= 0.3 is 0 Å². The minimum absolute atomic E-state index is 0.0748. The lowest BCUT2D eigenvalue weighted by molar-refractivity contribution is 0.324. The van der Waals surface area contributed by atoms with Gasteiger partial charge in [0.1, 0.15) is 5.76 Å². The number of ether oxygens (including phenoxy) is 1. The number of allylic oxidation sites excluding steroid dienone is 8. The summed E-state index contributed by atoms with van der Waals surface area (Å²) in [5, 5.41) is 0. The smallest absolute Gasteiger partial charge is 0.130 e. The molecule has 0 saturated heterocycles. The molecule has 1 aliphatic heterocycles. The Morgan fingerprint density at radius 1 is 1.24 bits per heavy atom. The molecule has 0 fully saturated rings. The molecule has 0 bridgehead atoms. The summed E-state index contributed by atoms with van der Waals surface area (Å²) in [5.74, 6) is 0.995. The third-order valence-electron chi connectivity index (χ3n) is 5.58. The molecule has 0 aromatic heterocycles. The maximum atomic E-state index is 5.88. The molecule has 0 aromatic rings. The van der Waals surface area contributed by atoms with E-state index in [2.05, 4.69) is 73.6 Å². The molecule has 2 rings (SSSR count). The molecule has 0 saturated carbocycles. The molecule has 1 nitrogen and oxygen atoms in total. The van der Waals surface area contributed by atoms with Gasteiger partial charge in [-0.3, -0.25) is 0 Å². The van der Waals surface area contributed by atoms with Crippen LogP contribution in [0.4, 0.5) is 0 Å². The van der Waals surface area contributed by atoms with Crippen LogP contribution in [0.3, 0.4) is 0 Å². The normalized spacial score (nSPS) is 23.4. The minimum Gasteiger partial charge on any atom is -0.465 e. The molecular weight excluding hydrogens is 304 g/mol. The zero-order chi connectivity index (χ0) is 18.8. The molecule has 2 aliphatic rings. The summed E-state index contributed by atoms with van der Waals surface area (Å²) in [6.45, 7) is 18.2. The Balaban J connectivity index is 2.26. The van der Waals surface area contributed by atoms with Crippen LogP contribution in [0, 0.1) is 10.8 Å². The first kappa shape index (κ1) is 19.8. The average molecular weight is 341 g/mol. The van der Waals surface area contributed by atoms with Crippen molar-refractivity contribution >= 4 is 0 Å². The molecule has 0 spiro atoms. The molecule has 1 heterocycles. The predicted octanol–water partition coefficient (Wildman–Crippen LogP) is 7.64. The summed E-state index contributed by atoms with van der Waals surface area (Å²) >= 11 is 0. The molecule has 25 heavy (non-hydrogen) atoms. The molecule has 0 amide bonds. The molecule has 0 aromatic carbocycles. The van der Waals surface area contributed by atoms with E-state index in [4.69, 9.17) is 4.74 Å². The fraction of sp³-hybridized carbons (Fsp3) is 0.583. The van der Waals surface area contributed by atoms with Gasteiger partial charge in [0.05, 0.1) is 6.26 Å². The molecular formula is C24H36O. The zero-order valence-corrected chi connectivity index (χ0v) is 17.5. The van der Waals surface area contributed by atoms with Gasteiger partial charge < -0.3 is 4.74 Å². The Bertz CT molecular complexity index is 669. The summed E-state index contributed by atoms with van der Waals surface area (Å²) in [5.41, 5.74) is 7.51. The number of rotatable bonds is 3. The second kappa shape index (κ2) is 7.40. The van der Waals surface area contributed by atoms with E-state index in [0.29, 0.717) is 5.41 Å². The maximum Gasteiger partial charge on any atom is 0.130 e. The van der Waals surface area contributed by atoms with E-state index in [0.717, 1.165) is 12.2 Å². The second-order valence-electron chi connectivity index (χ2n) is 9.39. The second-order valence-corrected chi connectivity index (χ2v) is 9.39. The SMILES string of the molecule is CC1=C(C(C)(C)C)/C(=C\C(C)=C\CC2=C(C)CCCC2(C)C)OC=C1. The number of hydrogen-bond acceptors (Lipinski definition) is 1. The van der Waals surface area contributed by atoms with Crippen molar-refractivity contribution in [3.63, 3.8) is 0 Å². The van der Waals surface area contributed by atoms with Gasteiger partial charge in [-0.2, -0.15) is 0 Å². The van der Waals surface area contributed by atoms with Gasteiger partial charge in [0.25, 0.3) is 0 Å². The highest BCUT2D eigenvalue weighted by Crippen LogP contribution is 2.42. The topological polar surface area (TPSA) is 9.23 Å². The first-order chi connectivity index (χ1) is 11.5. The van der Waals surface area contributed by atoms with Crippen molar-refractivity contribution in [1.82, 2.24) is 0 Å². The van der Waals surface area contributed by atoms with Gasteiger partial charge in [-0.15, -0.1) is 0 Å². The molecule has 1 aliphatic carbocycles. The third kappa shape index (κ3) is 4.77. The Kier molecular flexibility index (Phi) is 5.86. The summed E-state index contributed by atoms with van der Waals surface area (Å²) in [6.07, 6.45) is 13.4. The number of hydrogen-bond donors (Lipinski definition) is 0. The van der Waals surface area contributed by atoms with Crippen molar-refractivity contribution in [1.29, 1.82) is 0 Å². The average Bonchev–Trinajstić information content (AvgIpc) is 2.44. The first-order valence-corrected chi connectivity index (χ1v) is 9.65. The summed E-state index contributed by atoms with van der Waals surface area (Å²) in [7, 11) is 0. The van der Waals surface area contributed by atoms with Crippen molar-refractivity contribution < 1.29 is 4.74 Å². The van der Waals surface area contributed by atoms with E-state index < -0.39 is 0 Å². The van der Waals surface area contributed by atoms with Crippen LogP contribution in [0.1, 0.15) is 81.1 Å². The van der Waals surface area contributed by atoms with Gasteiger partial charge in [-0.05, 0) is 75.0 Å². The fourth-order valence-electron chi connectivity index (χ4n) is 4.27. The largest absolute Gasteiger partial charge is 0.465 e. The molecule has 0 atom stereocenters. The van der Waals surface area contributed by atoms with Crippen LogP contribution in [-0.4, -0.2) is 0 Å². The van der Waals surface area contributed by atoms with Crippen molar-refractivity contribution in [2.24, 2.45) is 10.8 Å². The fourth-order valence-corrected chi connectivity index (χ4v) is 4.27. The summed E-state index contributed by atoms with van der Waals surface area (Å²) in [4.78, 5) is 0. The van der Waals surface area contributed by atoms with Crippen LogP contribution < -0.4 is 0 Å². The van der Waals surface area contributed by atoms with E-state index in [1.165, 1.54) is 36.0 Å². The van der Waals surface area contributed by atoms with Crippen LogP contribution in [0.15, 0.2) is 58.1 Å². The summed E-state index contributed by atoms with van der Waals surface area (Å²) in [6, 6.07) is 0. The van der Waals surface area contributed by atoms with E-state index >= 15 is 0 Å². The Hall–Kier alpha value is -1.50. The van der Waals surface area contributed by atoms with Crippen molar-refractivity contribution in [2.75, 3.05) is 0 Å². The van der Waals surface area contributed by atoms with Crippen LogP contribution >= 0.6 is 0 Å². The summed E-state index contributed by atoms with van der Waals surface area (Å²) < 4.78 is 5.88. The van der Waals surface area contributed by atoms with Crippen molar-refractivity contribution in [3.8, 4) is 0 Å². The third-order valence-corrected chi connectivity index (χ3v) is 5.58. The standard InChI is InChI=1S/C24H36O/c1-17(11-12-20-18(2)10-9-14-24(20,7)8)16-21-22(23(4,5)6)19(3)13-15-25-21/h11,13,15-16H,9-10,12,14H2,1-8H3/b17-11+,21-16+. The highest BCUT2D eigenvalue weighted by atomic mass is 16.5. The van der Waals surface area contributed by atoms with Crippen molar-refractivity contribution in [2.45, 2.75) is 81.1 Å². The van der Waals surface area contributed by atoms with Crippen LogP contribution in [-0.2, 0) is 4.74 Å². The van der Waals surface area contributed by atoms with E-state index in [9.17, 15) is 0 Å². The van der Waals surface area contributed by atoms with Crippen LogP contribution in [0.2, 0.25) is 0 Å². The first-order valence-electron chi connectivity index (χ1n) is 9.65. The quantitative estimate of drug-likeness (QED) is 0.480. The van der Waals surface area contributed by atoms with Gasteiger partial charge in [0, 0.05) is 5.57 Å². The van der Waals surface area contributed by atoms with Crippen LogP contribution in [0.25, 0.3) is 0 Å².